The van der Waals surface area contributed by atoms with E-state index in [1.807, 2.05) is 30.3 Å². The molecule has 86 valence electrons. The Morgan fingerprint density at radius 1 is 1.29 bits per heavy atom. The molecule has 2 rings (SSSR count). The Morgan fingerprint density at radius 2 is 2.06 bits per heavy atom. The minimum Gasteiger partial charge on any atom is -0.308 e. The van der Waals surface area contributed by atoms with Crippen LogP contribution in [0.2, 0.25) is 0 Å². The lowest BCUT2D eigenvalue weighted by Crippen LogP contribution is -2.29. The predicted octanol–water partition coefficient (Wildman–Crippen LogP) is 3.18. The summed E-state index contributed by atoms with van der Waals surface area (Å²) < 4.78 is 0. The molecule has 0 bridgehead atoms. The third-order valence-corrected chi connectivity index (χ3v) is 2.88. The molecule has 0 N–H and O–H groups in total. The molecule has 1 aliphatic rings. The van der Waals surface area contributed by atoms with Crippen LogP contribution in [0.4, 0.5) is 5.69 Å². The second-order valence-electron chi connectivity index (χ2n) is 3.86. The Balaban J connectivity index is 2.55. The molecule has 0 atom stereocenters. The first-order valence-corrected chi connectivity index (χ1v) is 5.64. The van der Waals surface area contributed by atoms with Crippen molar-refractivity contribution in [1.82, 2.24) is 0 Å². The molecular formula is C15H15NO. The molecule has 1 heterocycles. The van der Waals surface area contributed by atoms with Crippen molar-refractivity contribution in [3.8, 4) is 0 Å². The van der Waals surface area contributed by atoms with Crippen LogP contribution in [0.1, 0.15) is 12.0 Å². The van der Waals surface area contributed by atoms with Crippen LogP contribution in [0.15, 0.2) is 55.7 Å². The van der Waals surface area contributed by atoms with E-state index >= 15 is 0 Å². The van der Waals surface area contributed by atoms with Gasteiger partial charge >= 0.3 is 0 Å². The standard InChI is InChI=1S/C15H15NO/c1-3-12-8-7-11-16(15(17)4-2)14-10-6-5-9-13(12)14/h3-6,8-10H,1-2,7,11H2. The highest BCUT2D eigenvalue weighted by atomic mass is 16.2. The topological polar surface area (TPSA) is 20.3 Å². The van der Waals surface area contributed by atoms with Crippen LogP contribution in [0.3, 0.4) is 0 Å². The van der Waals surface area contributed by atoms with Gasteiger partial charge < -0.3 is 4.90 Å². The molecule has 0 saturated heterocycles. The maximum absolute atomic E-state index is 11.8. The van der Waals surface area contributed by atoms with Crippen molar-refractivity contribution < 1.29 is 4.79 Å². The van der Waals surface area contributed by atoms with Crippen LogP contribution in [0.5, 0.6) is 0 Å². The van der Waals surface area contributed by atoms with Crippen LogP contribution < -0.4 is 4.90 Å². The first-order chi connectivity index (χ1) is 8.27. The largest absolute Gasteiger partial charge is 0.308 e. The molecule has 1 aromatic carbocycles. The van der Waals surface area contributed by atoms with Crippen molar-refractivity contribution in [2.24, 2.45) is 0 Å². The Labute approximate surface area is 102 Å². The molecule has 0 aliphatic carbocycles. The Kier molecular flexibility index (Phi) is 3.24. The number of rotatable bonds is 2. The zero-order valence-corrected chi connectivity index (χ0v) is 9.73. The zero-order chi connectivity index (χ0) is 12.3. The number of anilines is 1. The lowest BCUT2D eigenvalue weighted by Gasteiger charge is -2.21. The first-order valence-electron chi connectivity index (χ1n) is 5.64. The average molecular weight is 225 g/mol. The van der Waals surface area contributed by atoms with Gasteiger partial charge in [0.15, 0.2) is 0 Å². The quantitative estimate of drug-likeness (QED) is 0.708. The number of benzene rings is 1. The maximum Gasteiger partial charge on any atom is 0.250 e. The highest BCUT2D eigenvalue weighted by Crippen LogP contribution is 2.31. The normalized spacial score (nSPS) is 14.4. The summed E-state index contributed by atoms with van der Waals surface area (Å²) in [4.78, 5) is 13.6. The summed E-state index contributed by atoms with van der Waals surface area (Å²) in [7, 11) is 0. The van der Waals surface area contributed by atoms with Crippen LogP contribution in [-0.2, 0) is 4.79 Å². The second kappa shape index (κ2) is 4.83. The van der Waals surface area contributed by atoms with Gasteiger partial charge in [0.2, 0.25) is 5.91 Å². The van der Waals surface area contributed by atoms with E-state index < -0.39 is 0 Å². The first kappa shape index (κ1) is 11.4. The summed E-state index contributed by atoms with van der Waals surface area (Å²) in [5, 5.41) is 0. The van der Waals surface area contributed by atoms with Crippen LogP contribution in [-0.4, -0.2) is 12.5 Å². The van der Waals surface area contributed by atoms with Gasteiger partial charge in [0, 0.05) is 12.1 Å². The van der Waals surface area contributed by atoms with Gasteiger partial charge in [-0.1, -0.05) is 43.5 Å². The Morgan fingerprint density at radius 3 is 2.76 bits per heavy atom. The van der Waals surface area contributed by atoms with Gasteiger partial charge in [0.25, 0.3) is 0 Å². The highest BCUT2D eigenvalue weighted by Gasteiger charge is 2.18. The van der Waals surface area contributed by atoms with Gasteiger partial charge in [0.05, 0.1) is 5.69 Å². The van der Waals surface area contributed by atoms with Gasteiger partial charge in [-0.25, -0.2) is 0 Å². The zero-order valence-electron chi connectivity index (χ0n) is 9.73. The van der Waals surface area contributed by atoms with E-state index in [1.165, 1.54) is 6.08 Å². The molecule has 0 unspecified atom stereocenters. The lowest BCUT2D eigenvalue weighted by molar-refractivity contribution is -0.114. The number of carbonyl (C=O) groups excluding carboxylic acids is 1. The number of nitrogens with zero attached hydrogens (tertiary/aromatic N) is 1. The second-order valence-corrected chi connectivity index (χ2v) is 3.86. The number of amides is 1. The summed E-state index contributed by atoms with van der Waals surface area (Å²) in [6.07, 6.45) is 6.13. The minimum atomic E-state index is -0.0591. The molecule has 1 aromatic rings. The Hall–Kier alpha value is -2.09. The number of hydrogen-bond donors (Lipinski definition) is 0. The van der Waals surface area contributed by atoms with E-state index in [2.05, 4.69) is 19.2 Å². The monoisotopic (exact) mass is 225 g/mol. The minimum absolute atomic E-state index is 0.0591. The van der Waals surface area contributed by atoms with Crippen molar-refractivity contribution in [2.45, 2.75) is 6.42 Å². The third kappa shape index (κ3) is 2.07. The average Bonchev–Trinajstić information content (AvgIpc) is 2.57. The third-order valence-electron chi connectivity index (χ3n) is 2.88. The smallest absolute Gasteiger partial charge is 0.250 e. The molecule has 1 amide bonds. The molecule has 2 nitrogen and oxygen atoms in total. The predicted molar refractivity (Wildman–Crippen MR) is 71.8 cm³/mol. The van der Waals surface area contributed by atoms with Gasteiger partial charge in [-0.15, -0.1) is 0 Å². The summed E-state index contributed by atoms with van der Waals surface area (Å²) in [6, 6.07) is 7.88. The van der Waals surface area contributed by atoms with Crippen LogP contribution in [0.25, 0.3) is 5.57 Å². The van der Waals surface area contributed by atoms with Crippen LogP contribution in [0, 0.1) is 0 Å². The SMILES string of the molecule is C=CC(=O)N1CCC=C(C=C)c2ccccc21. The van der Waals surface area contributed by atoms with Gasteiger partial charge in [-0.05, 0) is 24.1 Å². The molecule has 1 aliphatic heterocycles. The fraction of sp³-hybridized carbons (Fsp3) is 0.133. The maximum atomic E-state index is 11.8. The molecule has 17 heavy (non-hydrogen) atoms. The van der Waals surface area contributed by atoms with Crippen molar-refractivity contribution in [3.05, 3.63) is 61.2 Å². The van der Waals surface area contributed by atoms with E-state index in [4.69, 9.17) is 0 Å². The number of fused-ring (bicyclic) bond motifs is 1. The summed E-state index contributed by atoms with van der Waals surface area (Å²) in [5.74, 6) is -0.0591. The molecular weight excluding hydrogens is 210 g/mol. The number of carbonyl (C=O) groups is 1. The van der Waals surface area contributed by atoms with Crippen LogP contribution >= 0.6 is 0 Å². The number of hydrogen-bond acceptors (Lipinski definition) is 1. The highest BCUT2D eigenvalue weighted by molar-refractivity contribution is 6.03. The van der Waals surface area contributed by atoms with E-state index in [1.54, 1.807) is 4.90 Å². The lowest BCUT2D eigenvalue weighted by atomic mass is 10.0. The van der Waals surface area contributed by atoms with Crippen molar-refractivity contribution in [1.29, 1.82) is 0 Å². The molecule has 0 spiro atoms. The van der Waals surface area contributed by atoms with Crippen molar-refractivity contribution in [3.63, 3.8) is 0 Å². The summed E-state index contributed by atoms with van der Waals surface area (Å²) in [5.41, 5.74) is 3.07. The van der Waals surface area contributed by atoms with Gasteiger partial charge in [-0.2, -0.15) is 0 Å². The molecule has 0 aromatic heterocycles. The molecule has 0 radical (unpaired) electrons. The van der Waals surface area contributed by atoms with Gasteiger partial charge in [0.1, 0.15) is 0 Å². The van der Waals surface area contributed by atoms with E-state index in [9.17, 15) is 4.79 Å². The van der Waals surface area contributed by atoms with E-state index in [-0.39, 0.29) is 5.91 Å². The molecule has 2 heteroatoms. The van der Waals surface area contributed by atoms with Crippen molar-refractivity contribution >= 4 is 17.2 Å². The number of para-hydroxylation sites is 1. The fourth-order valence-electron chi connectivity index (χ4n) is 2.07. The van der Waals surface area contributed by atoms with Crippen molar-refractivity contribution in [2.75, 3.05) is 11.4 Å². The Bertz CT molecular complexity index is 499. The fourth-order valence-corrected chi connectivity index (χ4v) is 2.07. The summed E-state index contributed by atoms with van der Waals surface area (Å²) >= 11 is 0. The van der Waals surface area contributed by atoms with Gasteiger partial charge in [-0.3, -0.25) is 4.79 Å². The molecule has 0 fully saturated rings. The summed E-state index contributed by atoms with van der Waals surface area (Å²) in [6.45, 7) is 8.05. The van der Waals surface area contributed by atoms with E-state index in [0.717, 1.165) is 23.2 Å². The number of allylic oxidation sites excluding steroid dienone is 2. The molecule has 0 saturated carbocycles. The van der Waals surface area contributed by atoms with E-state index in [0.29, 0.717) is 6.54 Å².